The molecule has 1 aromatic carbocycles. The van der Waals surface area contributed by atoms with Gasteiger partial charge in [-0.1, -0.05) is 23.9 Å². The first-order valence-electron chi connectivity index (χ1n) is 5.76. The molecule has 2 rings (SSSR count). The molecule has 0 aliphatic carbocycles. The number of rotatable bonds is 2. The second-order valence-corrected chi connectivity index (χ2v) is 5.00. The molecule has 2 N–H and O–H groups in total. The van der Waals surface area contributed by atoms with Crippen LogP contribution in [0.25, 0.3) is 11.3 Å². The fourth-order valence-corrected chi connectivity index (χ4v) is 2.13. The average molecular weight is 270 g/mol. The van der Waals surface area contributed by atoms with Gasteiger partial charge in [0.25, 0.3) is 0 Å². The van der Waals surface area contributed by atoms with Gasteiger partial charge in [0.15, 0.2) is 5.16 Å². The Morgan fingerprint density at radius 2 is 1.95 bits per heavy atom. The molecule has 0 radical (unpaired) electrons. The number of hydrogen-bond donors (Lipinski definition) is 1. The second-order valence-electron chi connectivity index (χ2n) is 4.23. The molecule has 0 fully saturated rings. The van der Waals surface area contributed by atoms with Crippen LogP contribution in [0.1, 0.15) is 16.7 Å². The van der Waals surface area contributed by atoms with Crippen LogP contribution in [0.4, 0.5) is 5.82 Å². The third-order valence-electron chi connectivity index (χ3n) is 2.99. The van der Waals surface area contributed by atoms with Gasteiger partial charge in [0.1, 0.15) is 17.5 Å². The van der Waals surface area contributed by atoms with Gasteiger partial charge in [0, 0.05) is 5.56 Å². The lowest BCUT2D eigenvalue weighted by molar-refractivity contribution is 0.978. The first-order valence-corrected chi connectivity index (χ1v) is 6.98. The van der Waals surface area contributed by atoms with Gasteiger partial charge in [-0.2, -0.15) is 5.26 Å². The summed E-state index contributed by atoms with van der Waals surface area (Å²) >= 11 is 1.41. The third kappa shape index (κ3) is 2.54. The van der Waals surface area contributed by atoms with Crippen molar-refractivity contribution in [3.63, 3.8) is 0 Å². The van der Waals surface area contributed by atoms with E-state index in [0.29, 0.717) is 16.4 Å². The highest BCUT2D eigenvalue weighted by Gasteiger charge is 2.14. The minimum Gasteiger partial charge on any atom is -0.382 e. The van der Waals surface area contributed by atoms with E-state index in [1.165, 1.54) is 17.3 Å². The first kappa shape index (κ1) is 13.4. The van der Waals surface area contributed by atoms with Crippen LogP contribution in [0.5, 0.6) is 0 Å². The van der Waals surface area contributed by atoms with Crippen molar-refractivity contribution in [2.45, 2.75) is 19.0 Å². The van der Waals surface area contributed by atoms with Crippen molar-refractivity contribution in [2.24, 2.45) is 0 Å². The molecule has 0 unspecified atom stereocenters. The fraction of sp³-hybridized carbons (Fsp3) is 0.214. The minimum atomic E-state index is 0.232. The molecular formula is C14H14N4S. The molecule has 0 aliphatic heterocycles. The van der Waals surface area contributed by atoms with Gasteiger partial charge >= 0.3 is 0 Å². The summed E-state index contributed by atoms with van der Waals surface area (Å²) in [6, 6.07) is 8.07. The van der Waals surface area contributed by atoms with Crippen molar-refractivity contribution in [3.05, 3.63) is 34.9 Å². The Balaban J connectivity index is 2.69. The summed E-state index contributed by atoms with van der Waals surface area (Å²) in [5.74, 6) is 0.232. The van der Waals surface area contributed by atoms with Crippen LogP contribution in [-0.2, 0) is 0 Å². The zero-order valence-electron chi connectivity index (χ0n) is 11.1. The Morgan fingerprint density at radius 1 is 1.21 bits per heavy atom. The second kappa shape index (κ2) is 5.29. The van der Waals surface area contributed by atoms with E-state index in [1.54, 1.807) is 0 Å². The summed E-state index contributed by atoms with van der Waals surface area (Å²) in [5, 5.41) is 9.81. The molecule has 0 amide bonds. The van der Waals surface area contributed by atoms with Crippen molar-refractivity contribution >= 4 is 17.6 Å². The maximum atomic E-state index is 9.23. The normalized spacial score (nSPS) is 10.2. The summed E-state index contributed by atoms with van der Waals surface area (Å²) in [6.45, 7) is 4.08. The Bertz CT molecular complexity index is 674. The summed E-state index contributed by atoms with van der Waals surface area (Å²) in [6.07, 6.45) is 1.88. The number of hydrogen-bond acceptors (Lipinski definition) is 5. The highest BCUT2D eigenvalue weighted by atomic mass is 32.2. The van der Waals surface area contributed by atoms with Gasteiger partial charge in [0.2, 0.25) is 0 Å². The quantitative estimate of drug-likeness (QED) is 0.670. The van der Waals surface area contributed by atoms with Gasteiger partial charge in [-0.3, -0.25) is 0 Å². The number of anilines is 1. The maximum Gasteiger partial charge on any atom is 0.189 e. The van der Waals surface area contributed by atoms with Gasteiger partial charge in [-0.05, 0) is 37.3 Å². The van der Waals surface area contributed by atoms with E-state index in [9.17, 15) is 5.26 Å². The fourth-order valence-electron chi connectivity index (χ4n) is 1.76. The highest BCUT2D eigenvalue weighted by Crippen LogP contribution is 2.28. The molecule has 0 atom stereocenters. The van der Waals surface area contributed by atoms with Gasteiger partial charge in [0.05, 0.1) is 5.69 Å². The van der Waals surface area contributed by atoms with Crippen LogP contribution >= 0.6 is 11.8 Å². The Hall–Kier alpha value is -2.06. The predicted octanol–water partition coefficient (Wildman–Crippen LogP) is 2.94. The summed E-state index contributed by atoms with van der Waals surface area (Å²) in [7, 11) is 0. The Morgan fingerprint density at radius 3 is 2.53 bits per heavy atom. The SMILES string of the molecule is CSc1nc(N)c(C#N)c(-c2ccc(C)c(C)c2)n1. The number of thioether (sulfide) groups is 1. The van der Waals surface area contributed by atoms with Crippen molar-refractivity contribution in [1.82, 2.24) is 9.97 Å². The molecule has 5 heteroatoms. The number of aryl methyl sites for hydroxylation is 2. The minimum absolute atomic E-state index is 0.232. The molecule has 96 valence electrons. The van der Waals surface area contributed by atoms with Gasteiger partial charge in [-0.25, -0.2) is 9.97 Å². The molecule has 19 heavy (non-hydrogen) atoms. The summed E-state index contributed by atoms with van der Waals surface area (Å²) in [5.41, 5.74) is 10.0. The molecule has 2 aromatic rings. The molecule has 1 aromatic heterocycles. The zero-order chi connectivity index (χ0) is 14.0. The van der Waals surface area contributed by atoms with E-state index in [1.807, 2.05) is 38.3 Å². The van der Waals surface area contributed by atoms with E-state index in [2.05, 4.69) is 16.0 Å². The third-order valence-corrected chi connectivity index (χ3v) is 3.54. The van der Waals surface area contributed by atoms with Crippen molar-refractivity contribution in [2.75, 3.05) is 12.0 Å². The maximum absolute atomic E-state index is 9.23. The number of benzene rings is 1. The number of nitrogen functional groups attached to an aromatic ring is 1. The van der Waals surface area contributed by atoms with E-state index in [4.69, 9.17) is 5.73 Å². The lowest BCUT2D eigenvalue weighted by Gasteiger charge is -2.09. The molecule has 0 aliphatic rings. The van der Waals surface area contributed by atoms with E-state index in [-0.39, 0.29) is 5.82 Å². The van der Waals surface area contributed by atoms with Crippen LogP contribution in [0.15, 0.2) is 23.4 Å². The van der Waals surface area contributed by atoms with Crippen LogP contribution in [0, 0.1) is 25.2 Å². The lowest BCUT2D eigenvalue weighted by Crippen LogP contribution is -2.02. The van der Waals surface area contributed by atoms with E-state index in [0.717, 1.165) is 11.1 Å². The zero-order valence-corrected chi connectivity index (χ0v) is 11.9. The molecule has 4 nitrogen and oxygen atoms in total. The van der Waals surface area contributed by atoms with Crippen LogP contribution in [-0.4, -0.2) is 16.2 Å². The average Bonchev–Trinajstić information content (AvgIpc) is 2.41. The summed E-state index contributed by atoms with van der Waals surface area (Å²) in [4.78, 5) is 8.51. The van der Waals surface area contributed by atoms with E-state index >= 15 is 0 Å². The molecule has 0 saturated heterocycles. The monoisotopic (exact) mass is 270 g/mol. The smallest absolute Gasteiger partial charge is 0.189 e. The summed E-state index contributed by atoms with van der Waals surface area (Å²) < 4.78 is 0. The van der Waals surface area contributed by atoms with Gasteiger partial charge < -0.3 is 5.73 Å². The van der Waals surface area contributed by atoms with Gasteiger partial charge in [-0.15, -0.1) is 0 Å². The van der Waals surface area contributed by atoms with Crippen LogP contribution in [0.2, 0.25) is 0 Å². The van der Waals surface area contributed by atoms with Crippen LogP contribution < -0.4 is 5.73 Å². The van der Waals surface area contributed by atoms with Crippen molar-refractivity contribution in [1.29, 1.82) is 5.26 Å². The molecular weight excluding hydrogens is 256 g/mol. The molecule has 1 heterocycles. The number of nitrogens with two attached hydrogens (primary N) is 1. The first-order chi connectivity index (χ1) is 9.06. The Labute approximate surface area is 116 Å². The largest absolute Gasteiger partial charge is 0.382 e. The number of nitrogens with zero attached hydrogens (tertiary/aromatic N) is 3. The predicted molar refractivity (Wildman–Crippen MR) is 77.9 cm³/mol. The number of aromatic nitrogens is 2. The molecule has 0 spiro atoms. The molecule has 0 bridgehead atoms. The van der Waals surface area contributed by atoms with E-state index < -0.39 is 0 Å². The molecule has 0 saturated carbocycles. The standard InChI is InChI=1S/C14H14N4S/c1-8-4-5-10(6-9(8)2)12-11(7-15)13(16)18-14(17-12)19-3/h4-6H,1-3H3,(H2,16,17,18). The number of nitriles is 1. The lowest BCUT2D eigenvalue weighted by atomic mass is 10.0. The van der Waals surface area contributed by atoms with Crippen LogP contribution in [0.3, 0.4) is 0 Å². The van der Waals surface area contributed by atoms with Crippen molar-refractivity contribution in [3.8, 4) is 17.3 Å². The highest BCUT2D eigenvalue weighted by molar-refractivity contribution is 7.98. The Kier molecular flexibility index (Phi) is 3.72. The topological polar surface area (TPSA) is 75.6 Å². The van der Waals surface area contributed by atoms with Crippen molar-refractivity contribution < 1.29 is 0 Å².